The molecule has 198 valence electrons. The molecule has 0 saturated heterocycles. The van der Waals surface area contributed by atoms with E-state index in [9.17, 15) is 24.3 Å². The first-order valence-electron chi connectivity index (χ1n) is 10.9. The highest BCUT2D eigenvalue weighted by Gasteiger charge is 2.41. The average molecular weight is 525 g/mol. The Morgan fingerprint density at radius 1 is 0.737 bits per heavy atom. The summed E-state index contributed by atoms with van der Waals surface area (Å²) in [6.45, 7) is 0. The van der Waals surface area contributed by atoms with Gasteiger partial charge in [-0.15, -0.1) is 10.2 Å². The van der Waals surface area contributed by atoms with Crippen LogP contribution >= 0.6 is 0 Å². The molecule has 1 amide bonds. The van der Waals surface area contributed by atoms with Gasteiger partial charge in [0.25, 0.3) is 5.91 Å². The minimum Gasteiger partial charge on any atom is -0.497 e. The van der Waals surface area contributed by atoms with E-state index in [1.165, 1.54) is 69.9 Å². The monoisotopic (exact) mass is 525 g/mol. The summed E-state index contributed by atoms with van der Waals surface area (Å²) in [5, 5.41) is 19.6. The third-order valence-corrected chi connectivity index (χ3v) is 4.96. The van der Waals surface area contributed by atoms with Gasteiger partial charge >= 0.3 is 17.9 Å². The van der Waals surface area contributed by atoms with Crippen molar-refractivity contribution in [3.05, 3.63) is 71.8 Å². The van der Waals surface area contributed by atoms with Crippen LogP contribution in [0.1, 0.15) is 20.7 Å². The van der Waals surface area contributed by atoms with Gasteiger partial charge in [0.1, 0.15) is 11.5 Å². The van der Waals surface area contributed by atoms with Crippen LogP contribution < -0.4 is 19.5 Å². The third kappa shape index (κ3) is 6.94. The lowest BCUT2D eigenvalue weighted by atomic mass is 10.1. The second kappa shape index (κ2) is 12.7. The van der Waals surface area contributed by atoms with Crippen LogP contribution in [-0.2, 0) is 19.1 Å². The van der Waals surface area contributed by atoms with E-state index in [0.29, 0.717) is 11.5 Å². The number of aromatic nitrogens is 2. The quantitative estimate of drug-likeness (QED) is 0.349. The van der Waals surface area contributed by atoms with Gasteiger partial charge in [0.15, 0.2) is 5.82 Å². The number of rotatable bonds is 11. The van der Waals surface area contributed by atoms with E-state index in [1.807, 2.05) is 0 Å². The number of carbonyl (C=O) groups excluding carboxylic acids is 3. The van der Waals surface area contributed by atoms with Crippen LogP contribution in [0.15, 0.2) is 60.7 Å². The van der Waals surface area contributed by atoms with E-state index in [-0.39, 0.29) is 22.8 Å². The molecule has 2 atom stereocenters. The fourth-order valence-electron chi connectivity index (χ4n) is 3.05. The van der Waals surface area contributed by atoms with Crippen LogP contribution in [0.2, 0.25) is 0 Å². The summed E-state index contributed by atoms with van der Waals surface area (Å²) >= 11 is 0. The van der Waals surface area contributed by atoms with Gasteiger partial charge < -0.3 is 34.1 Å². The molecule has 13 nitrogen and oxygen atoms in total. The predicted octanol–water partition coefficient (Wildman–Crippen LogP) is 1.98. The number of hydrogen-bond donors (Lipinski definition) is 2. The summed E-state index contributed by atoms with van der Waals surface area (Å²) in [5.41, 5.74) is -0.107. The SMILES string of the molecule is COc1cccc(C(=O)O[C@H](C(=O)Nc2ccc(OC)nn2)[C@@H](OC(=O)c2cccc(OC)c2)C(=O)O)c1. The Balaban J connectivity index is 1.92. The van der Waals surface area contributed by atoms with E-state index in [2.05, 4.69) is 15.5 Å². The maximum absolute atomic E-state index is 13.1. The minimum absolute atomic E-state index is 0.0466. The highest BCUT2D eigenvalue weighted by Crippen LogP contribution is 2.19. The second-order valence-corrected chi connectivity index (χ2v) is 7.40. The zero-order valence-electron chi connectivity index (χ0n) is 20.4. The molecule has 13 heteroatoms. The Morgan fingerprint density at radius 2 is 1.29 bits per heavy atom. The maximum atomic E-state index is 13.1. The molecule has 2 N–H and O–H groups in total. The Bertz CT molecular complexity index is 1310. The van der Waals surface area contributed by atoms with Crippen molar-refractivity contribution in [1.29, 1.82) is 0 Å². The molecule has 1 aromatic heterocycles. The summed E-state index contributed by atoms with van der Waals surface area (Å²) in [6.07, 6.45) is -4.38. The zero-order valence-corrected chi connectivity index (χ0v) is 20.4. The number of carboxylic acid groups (broad SMARTS) is 1. The largest absolute Gasteiger partial charge is 0.497 e. The molecular weight excluding hydrogens is 502 g/mol. The summed E-state index contributed by atoms with van der Waals surface area (Å²) in [5.74, 6) is -4.41. The van der Waals surface area contributed by atoms with E-state index in [0.717, 1.165) is 0 Å². The van der Waals surface area contributed by atoms with Crippen molar-refractivity contribution < 1.29 is 48.0 Å². The Morgan fingerprint density at radius 3 is 1.74 bits per heavy atom. The normalized spacial score (nSPS) is 11.9. The van der Waals surface area contributed by atoms with Crippen molar-refractivity contribution in [2.24, 2.45) is 0 Å². The van der Waals surface area contributed by atoms with Gasteiger partial charge in [-0.25, -0.2) is 14.4 Å². The summed E-state index contributed by atoms with van der Waals surface area (Å²) < 4.78 is 25.4. The lowest BCUT2D eigenvalue weighted by molar-refractivity contribution is -0.157. The van der Waals surface area contributed by atoms with Gasteiger partial charge in [0, 0.05) is 6.07 Å². The molecular formula is C25H23N3O10. The number of amides is 1. The van der Waals surface area contributed by atoms with Gasteiger partial charge in [0.2, 0.25) is 18.1 Å². The molecule has 0 aliphatic rings. The van der Waals surface area contributed by atoms with Crippen LogP contribution in [0.25, 0.3) is 0 Å². The number of carboxylic acids is 1. The number of nitrogens with one attached hydrogen (secondary N) is 1. The van der Waals surface area contributed by atoms with Crippen molar-refractivity contribution >= 4 is 29.6 Å². The van der Waals surface area contributed by atoms with Crippen LogP contribution in [0.4, 0.5) is 5.82 Å². The molecule has 38 heavy (non-hydrogen) atoms. The summed E-state index contributed by atoms with van der Waals surface area (Å²) in [7, 11) is 4.13. The van der Waals surface area contributed by atoms with Crippen molar-refractivity contribution in [3.8, 4) is 17.4 Å². The second-order valence-electron chi connectivity index (χ2n) is 7.40. The first kappa shape index (κ1) is 27.4. The maximum Gasteiger partial charge on any atom is 0.349 e. The molecule has 0 radical (unpaired) electrons. The topological polar surface area (TPSA) is 172 Å². The van der Waals surface area contributed by atoms with Crippen molar-refractivity contribution in [3.63, 3.8) is 0 Å². The Hall–Kier alpha value is -5.20. The number of ether oxygens (including phenoxy) is 5. The number of carbonyl (C=O) groups is 4. The molecule has 0 bridgehead atoms. The van der Waals surface area contributed by atoms with Crippen LogP contribution in [-0.4, -0.2) is 72.7 Å². The van der Waals surface area contributed by atoms with Gasteiger partial charge in [-0.05, 0) is 42.5 Å². The zero-order chi connectivity index (χ0) is 27.7. The summed E-state index contributed by atoms with van der Waals surface area (Å²) in [4.78, 5) is 50.9. The van der Waals surface area contributed by atoms with Gasteiger partial charge in [-0.3, -0.25) is 4.79 Å². The van der Waals surface area contributed by atoms with E-state index < -0.39 is 36.0 Å². The standard InChI is InChI=1S/C25H23N3O10/c1-34-16-8-4-6-14(12-16)24(32)37-20(22(29)26-18-10-11-19(36-3)28-27-18)21(23(30)31)38-25(33)15-7-5-9-17(13-15)35-2/h4-13,20-21H,1-3H3,(H,30,31)(H,26,27,29)/t20-,21+/m0/s1. The molecule has 1 heterocycles. The highest BCUT2D eigenvalue weighted by molar-refractivity contribution is 6.01. The van der Waals surface area contributed by atoms with Crippen LogP contribution in [0.5, 0.6) is 17.4 Å². The van der Waals surface area contributed by atoms with Crippen molar-refractivity contribution in [2.75, 3.05) is 26.6 Å². The number of anilines is 1. The smallest absolute Gasteiger partial charge is 0.349 e. The molecule has 0 fully saturated rings. The number of nitrogens with zero attached hydrogens (tertiary/aromatic N) is 2. The molecule has 3 rings (SSSR count). The number of benzene rings is 2. The highest BCUT2D eigenvalue weighted by atomic mass is 16.6. The van der Waals surface area contributed by atoms with Gasteiger partial charge in [-0.1, -0.05) is 12.1 Å². The first-order chi connectivity index (χ1) is 18.2. The number of methoxy groups -OCH3 is 3. The average Bonchev–Trinajstić information content (AvgIpc) is 2.94. The van der Waals surface area contributed by atoms with E-state index in [1.54, 1.807) is 12.1 Å². The fourth-order valence-corrected chi connectivity index (χ4v) is 3.05. The molecule has 0 aliphatic carbocycles. The Kier molecular flexibility index (Phi) is 9.13. The van der Waals surface area contributed by atoms with Gasteiger partial charge in [0.05, 0.1) is 32.5 Å². The Labute approximate surface area is 216 Å². The lowest BCUT2D eigenvalue weighted by Crippen LogP contribution is -2.48. The molecule has 0 aliphatic heterocycles. The molecule has 0 unspecified atom stereocenters. The van der Waals surface area contributed by atoms with Crippen LogP contribution in [0.3, 0.4) is 0 Å². The molecule has 0 saturated carbocycles. The molecule has 3 aromatic rings. The van der Waals surface area contributed by atoms with Crippen molar-refractivity contribution in [1.82, 2.24) is 10.2 Å². The molecule has 0 spiro atoms. The minimum atomic E-state index is -2.24. The molecule has 2 aromatic carbocycles. The number of esters is 2. The number of aliphatic carboxylic acids is 1. The first-order valence-corrected chi connectivity index (χ1v) is 10.9. The van der Waals surface area contributed by atoms with Gasteiger partial charge in [-0.2, -0.15) is 0 Å². The van der Waals surface area contributed by atoms with Crippen LogP contribution in [0, 0.1) is 0 Å². The van der Waals surface area contributed by atoms with E-state index >= 15 is 0 Å². The fraction of sp³-hybridized carbons (Fsp3) is 0.200. The van der Waals surface area contributed by atoms with Crippen molar-refractivity contribution in [2.45, 2.75) is 12.2 Å². The third-order valence-electron chi connectivity index (χ3n) is 4.96. The lowest BCUT2D eigenvalue weighted by Gasteiger charge is -2.23. The predicted molar refractivity (Wildman–Crippen MR) is 129 cm³/mol. The summed E-state index contributed by atoms with van der Waals surface area (Å²) in [6, 6.07) is 14.2. The van der Waals surface area contributed by atoms with E-state index in [4.69, 9.17) is 23.7 Å². The number of hydrogen-bond acceptors (Lipinski definition) is 11.